The van der Waals surface area contributed by atoms with E-state index in [0.717, 1.165) is 11.0 Å². The first kappa shape index (κ1) is 14.2. The van der Waals surface area contributed by atoms with E-state index in [4.69, 9.17) is 11.6 Å². The van der Waals surface area contributed by atoms with Gasteiger partial charge >= 0.3 is 5.69 Å². The molecule has 0 aliphatic carbocycles. The van der Waals surface area contributed by atoms with Crippen LogP contribution in [0.4, 0.5) is 0 Å². The van der Waals surface area contributed by atoms with E-state index < -0.39 is 6.10 Å². The van der Waals surface area contributed by atoms with Crippen LogP contribution in [0, 0.1) is 5.92 Å². The summed E-state index contributed by atoms with van der Waals surface area (Å²) in [7, 11) is 3.43. The lowest BCUT2D eigenvalue weighted by Crippen LogP contribution is -2.19. The van der Waals surface area contributed by atoms with Crippen molar-refractivity contribution in [3.63, 3.8) is 0 Å². The largest absolute Gasteiger partial charge is 0.388 e. The molecule has 1 aromatic heterocycles. The van der Waals surface area contributed by atoms with Crippen molar-refractivity contribution in [3.8, 4) is 0 Å². The average molecular weight is 283 g/mol. The third kappa shape index (κ3) is 2.42. The van der Waals surface area contributed by atoms with E-state index in [-0.39, 0.29) is 5.69 Å². The molecule has 2 rings (SSSR count). The van der Waals surface area contributed by atoms with Gasteiger partial charge in [0.1, 0.15) is 0 Å². The molecule has 1 aromatic carbocycles. The maximum Gasteiger partial charge on any atom is 0.328 e. The number of aryl methyl sites for hydroxylation is 2. The van der Waals surface area contributed by atoms with Gasteiger partial charge in [-0.05, 0) is 24.5 Å². The predicted octanol–water partition coefficient (Wildman–Crippen LogP) is 2.61. The van der Waals surface area contributed by atoms with Gasteiger partial charge in [-0.25, -0.2) is 4.79 Å². The van der Waals surface area contributed by atoms with Gasteiger partial charge in [0.2, 0.25) is 0 Å². The minimum Gasteiger partial charge on any atom is -0.388 e. The summed E-state index contributed by atoms with van der Waals surface area (Å²) in [4.78, 5) is 11.9. The molecule has 0 spiro atoms. The van der Waals surface area contributed by atoms with Crippen LogP contribution in [0.15, 0.2) is 16.9 Å². The van der Waals surface area contributed by atoms with Gasteiger partial charge in [-0.3, -0.25) is 9.13 Å². The van der Waals surface area contributed by atoms with Crippen molar-refractivity contribution in [1.82, 2.24) is 9.13 Å². The fourth-order valence-corrected chi connectivity index (χ4v) is 2.65. The summed E-state index contributed by atoms with van der Waals surface area (Å²) >= 11 is 6.23. The molecule has 1 N–H and O–H groups in total. The fraction of sp³-hybridized carbons (Fsp3) is 0.500. The number of aliphatic hydroxyl groups excluding tert-OH is 1. The lowest BCUT2D eigenvalue weighted by molar-refractivity contribution is 0.151. The summed E-state index contributed by atoms with van der Waals surface area (Å²) < 4.78 is 3.12. The highest BCUT2D eigenvalue weighted by molar-refractivity contribution is 6.32. The molecule has 4 nitrogen and oxygen atoms in total. The van der Waals surface area contributed by atoms with Gasteiger partial charge in [-0.2, -0.15) is 0 Å². The van der Waals surface area contributed by atoms with Crippen LogP contribution >= 0.6 is 11.6 Å². The van der Waals surface area contributed by atoms with Crippen molar-refractivity contribution in [1.29, 1.82) is 0 Å². The number of imidazole rings is 1. The minimum absolute atomic E-state index is 0.0958. The van der Waals surface area contributed by atoms with Gasteiger partial charge in [0, 0.05) is 24.7 Å². The summed E-state index contributed by atoms with van der Waals surface area (Å²) in [6, 6.07) is 3.56. The third-order valence-corrected chi connectivity index (χ3v) is 3.77. The van der Waals surface area contributed by atoms with Crippen LogP contribution in [0.3, 0.4) is 0 Å². The molecule has 1 heterocycles. The minimum atomic E-state index is -0.604. The van der Waals surface area contributed by atoms with Crippen LogP contribution in [0.1, 0.15) is 31.9 Å². The third-order valence-electron chi connectivity index (χ3n) is 3.44. The van der Waals surface area contributed by atoms with Crippen LogP contribution < -0.4 is 5.69 Å². The van der Waals surface area contributed by atoms with Gasteiger partial charge in [0.25, 0.3) is 0 Å². The molecule has 0 aliphatic heterocycles. The lowest BCUT2D eigenvalue weighted by Gasteiger charge is -2.15. The Bertz CT molecular complexity index is 670. The van der Waals surface area contributed by atoms with Crippen LogP contribution in [0.25, 0.3) is 11.0 Å². The van der Waals surface area contributed by atoms with Gasteiger partial charge in [0.05, 0.1) is 17.1 Å². The first-order chi connectivity index (χ1) is 8.82. The number of fused-ring (bicyclic) bond motifs is 1. The highest BCUT2D eigenvalue weighted by Gasteiger charge is 2.17. The van der Waals surface area contributed by atoms with E-state index in [0.29, 0.717) is 22.9 Å². The molecule has 104 valence electrons. The first-order valence-electron chi connectivity index (χ1n) is 6.35. The Hall–Kier alpha value is -1.26. The zero-order chi connectivity index (χ0) is 14.3. The average Bonchev–Trinajstić information content (AvgIpc) is 2.53. The molecule has 2 aromatic rings. The van der Waals surface area contributed by atoms with Crippen LogP contribution in [0.2, 0.25) is 5.02 Å². The molecule has 0 amide bonds. The number of rotatable bonds is 3. The molecule has 1 unspecified atom stereocenters. The van der Waals surface area contributed by atoms with Crippen molar-refractivity contribution in [2.75, 3.05) is 0 Å². The Balaban J connectivity index is 2.62. The maximum absolute atomic E-state index is 11.9. The van der Waals surface area contributed by atoms with Crippen molar-refractivity contribution >= 4 is 22.6 Å². The number of hydrogen-bond donors (Lipinski definition) is 1. The Morgan fingerprint density at radius 3 is 2.26 bits per heavy atom. The number of aromatic nitrogens is 2. The van der Waals surface area contributed by atoms with Crippen molar-refractivity contribution in [2.45, 2.75) is 26.4 Å². The van der Waals surface area contributed by atoms with Crippen molar-refractivity contribution in [2.24, 2.45) is 20.0 Å². The number of hydrogen-bond acceptors (Lipinski definition) is 2. The smallest absolute Gasteiger partial charge is 0.328 e. The SMILES string of the molecule is CC(C)CC(O)c1cc2c(cc1Cl)n(C)c(=O)n2C. The van der Waals surface area contributed by atoms with E-state index in [1.807, 2.05) is 19.9 Å². The van der Waals surface area contributed by atoms with E-state index in [9.17, 15) is 9.90 Å². The van der Waals surface area contributed by atoms with Crippen LogP contribution in [-0.4, -0.2) is 14.2 Å². The Labute approximate surface area is 117 Å². The van der Waals surface area contributed by atoms with E-state index >= 15 is 0 Å². The summed E-state index contributed by atoms with van der Waals surface area (Å²) in [5, 5.41) is 10.7. The molecular weight excluding hydrogens is 264 g/mol. The monoisotopic (exact) mass is 282 g/mol. The molecular formula is C14H19ClN2O2. The second-order valence-corrected chi connectivity index (χ2v) is 5.82. The second-order valence-electron chi connectivity index (χ2n) is 5.41. The predicted molar refractivity (Wildman–Crippen MR) is 77.6 cm³/mol. The fourth-order valence-electron chi connectivity index (χ4n) is 2.36. The zero-order valence-corrected chi connectivity index (χ0v) is 12.4. The van der Waals surface area contributed by atoms with E-state index in [1.54, 1.807) is 29.3 Å². The number of aliphatic hydroxyl groups is 1. The molecule has 0 fully saturated rings. The summed E-state index contributed by atoms with van der Waals surface area (Å²) in [6.07, 6.45) is 0.0404. The van der Waals surface area contributed by atoms with Crippen LogP contribution in [0.5, 0.6) is 0 Å². The van der Waals surface area contributed by atoms with Crippen molar-refractivity contribution in [3.05, 3.63) is 33.2 Å². The molecule has 1 atom stereocenters. The standard InChI is InChI=1S/C14H19ClN2O2/c1-8(2)5-13(18)9-6-11-12(7-10(9)15)17(4)14(19)16(11)3/h6-8,13,18H,5H2,1-4H3. The molecule has 0 saturated heterocycles. The first-order valence-corrected chi connectivity index (χ1v) is 6.73. The summed E-state index contributed by atoms with van der Waals surface area (Å²) in [5.74, 6) is 0.376. The number of nitrogens with zero attached hydrogens (tertiary/aromatic N) is 2. The molecule has 19 heavy (non-hydrogen) atoms. The topological polar surface area (TPSA) is 47.2 Å². The molecule has 0 saturated carbocycles. The second kappa shape index (κ2) is 5.02. The molecule has 0 aliphatic rings. The van der Waals surface area contributed by atoms with Gasteiger partial charge in [0.15, 0.2) is 0 Å². The highest BCUT2D eigenvalue weighted by Crippen LogP contribution is 2.31. The highest BCUT2D eigenvalue weighted by atomic mass is 35.5. The lowest BCUT2D eigenvalue weighted by atomic mass is 9.99. The van der Waals surface area contributed by atoms with Crippen molar-refractivity contribution < 1.29 is 5.11 Å². The quantitative estimate of drug-likeness (QED) is 0.941. The Morgan fingerprint density at radius 2 is 1.74 bits per heavy atom. The molecule has 0 bridgehead atoms. The van der Waals surface area contributed by atoms with Gasteiger partial charge in [-0.1, -0.05) is 25.4 Å². The Kier molecular flexibility index (Phi) is 3.74. The summed E-state index contributed by atoms with van der Waals surface area (Å²) in [6.45, 7) is 4.10. The van der Waals surface area contributed by atoms with Crippen LogP contribution in [-0.2, 0) is 14.1 Å². The number of halogens is 1. The number of benzene rings is 1. The van der Waals surface area contributed by atoms with Gasteiger partial charge in [-0.15, -0.1) is 0 Å². The van der Waals surface area contributed by atoms with E-state index in [1.165, 1.54) is 0 Å². The normalized spacial score (nSPS) is 13.4. The summed E-state index contributed by atoms with van der Waals surface area (Å²) in [5.41, 5.74) is 2.15. The van der Waals surface area contributed by atoms with E-state index in [2.05, 4.69) is 0 Å². The molecule has 0 radical (unpaired) electrons. The molecule has 5 heteroatoms. The Morgan fingerprint density at radius 1 is 1.21 bits per heavy atom. The zero-order valence-electron chi connectivity index (χ0n) is 11.6. The maximum atomic E-state index is 11.9. The van der Waals surface area contributed by atoms with Gasteiger partial charge < -0.3 is 5.11 Å².